The van der Waals surface area contributed by atoms with Crippen molar-refractivity contribution in [2.24, 2.45) is 5.10 Å². The van der Waals surface area contributed by atoms with Gasteiger partial charge in [-0.15, -0.1) is 0 Å². The van der Waals surface area contributed by atoms with Gasteiger partial charge in [0.1, 0.15) is 18.1 Å². The first-order chi connectivity index (χ1) is 19.5. The molecular formula is C31H24ClN5O3. The van der Waals surface area contributed by atoms with Crippen LogP contribution in [0.3, 0.4) is 0 Å². The lowest BCUT2D eigenvalue weighted by Gasteiger charge is -2.07. The number of ether oxygens (including phenoxy) is 1. The summed E-state index contributed by atoms with van der Waals surface area (Å²) in [7, 11) is 0. The number of nitrogens with one attached hydrogen (secondary N) is 2. The van der Waals surface area contributed by atoms with Crippen molar-refractivity contribution in [2.45, 2.75) is 6.61 Å². The van der Waals surface area contributed by atoms with Gasteiger partial charge in [0.2, 0.25) is 0 Å². The summed E-state index contributed by atoms with van der Waals surface area (Å²) in [6.07, 6.45) is 3.25. The van der Waals surface area contributed by atoms with Crippen LogP contribution >= 0.6 is 11.6 Å². The molecule has 0 saturated carbocycles. The van der Waals surface area contributed by atoms with Crippen LogP contribution in [0, 0.1) is 0 Å². The van der Waals surface area contributed by atoms with Crippen molar-refractivity contribution >= 4 is 35.3 Å². The molecule has 2 amide bonds. The SMILES string of the molecule is O=C(N/N=C/c1cn(-c2ccccc2)nc1-c1ccc(OCc2ccccc2)cc1)C(=O)Nc1ccc(Cl)cc1. The number of benzene rings is 4. The fraction of sp³-hybridized carbons (Fsp3) is 0.0323. The number of carbonyl (C=O) groups is 2. The van der Waals surface area contributed by atoms with Crippen LogP contribution in [-0.4, -0.2) is 27.8 Å². The van der Waals surface area contributed by atoms with E-state index in [-0.39, 0.29) is 0 Å². The van der Waals surface area contributed by atoms with E-state index in [0.717, 1.165) is 22.6 Å². The van der Waals surface area contributed by atoms with Crippen LogP contribution in [0.15, 0.2) is 120 Å². The third-order valence-electron chi connectivity index (χ3n) is 5.82. The van der Waals surface area contributed by atoms with Gasteiger partial charge < -0.3 is 10.1 Å². The molecule has 5 aromatic rings. The zero-order valence-electron chi connectivity index (χ0n) is 21.2. The second-order valence-corrected chi connectivity index (χ2v) is 9.11. The summed E-state index contributed by atoms with van der Waals surface area (Å²) in [5, 5.41) is 11.8. The van der Waals surface area contributed by atoms with Crippen LogP contribution in [0.4, 0.5) is 5.69 Å². The Labute approximate surface area is 235 Å². The Morgan fingerprint density at radius 2 is 1.52 bits per heavy atom. The maximum Gasteiger partial charge on any atom is 0.329 e. The average Bonchev–Trinajstić information content (AvgIpc) is 3.42. The molecule has 0 bridgehead atoms. The molecule has 2 N–H and O–H groups in total. The zero-order valence-corrected chi connectivity index (χ0v) is 22.0. The molecule has 0 unspecified atom stereocenters. The van der Waals surface area contributed by atoms with Crippen LogP contribution in [0.25, 0.3) is 16.9 Å². The Hall–Kier alpha value is -5.21. The molecule has 4 aromatic carbocycles. The normalized spacial score (nSPS) is 10.8. The Morgan fingerprint density at radius 1 is 0.850 bits per heavy atom. The van der Waals surface area contributed by atoms with Crippen molar-refractivity contribution in [2.75, 3.05) is 5.32 Å². The van der Waals surface area contributed by atoms with Gasteiger partial charge in [-0.3, -0.25) is 9.59 Å². The predicted octanol–water partition coefficient (Wildman–Crippen LogP) is 5.86. The molecule has 1 heterocycles. The molecule has 0 saturated heterocycles. The van der Waals surface area contributed by atoms with Crippen molar-refractivity contribution in [3.05, 3.63) is 132 Å². The first kappa shape index (κ1) is 26.4. The van der Waals surface area contributed by atoms with Gasteiger partial charge in [0, 0.05) is 28.0 Å². The second-order valence-electron chi connectivity index (χ2n) is 8.67. The van der Waals surface area contributed by atoms with Gasteiger partial charge in [-0.05, 0) is 66.2 Å². The maximum atomic E-state index is 12.3. The van der Waals surface area contributed by atoms with Crippen molar-refractivity contribution in [1.29, 1.82) is 0 Å². The Balaban J connectivity index is 1.31. The highest BCUT2D eigenvalue weighted by Crippen LogP contribution is 2.25. The van der Waals surface area contributed by atoms with E-state index in [2.05, 4.69) is 15.8 Å². The lowest BCUT2D eigenvalue weighted by atomic mass is 10.1. The summed E-state index contributed by atoms with van der Waals surface area (Å²) in [6.45, 7) is 0.464. The molecule has 0 aliphatic rings. The molecule has 0 aliphatic heterocycles. The van der Waals surface area contributed by atoms with Crippen LogP contribution < -0.4 is 15.5 Å². The van der Waals surface area contributed by atoms with Gasteiger partial charge in [-0.2, -0.15) is 10.2 Å². The molecule has 1 aromatic heterocycles. The van der Waals surface area contributed by atoms with Crippen molar-refractivity contribution in [3.63, 3.8) is 0 Å². The van der Waals surface area contributed by atoms with Crippen molar-refractivity contribution in [3.8, 4) is 22.7 Å². The highest BCUT2D eigenvalue weighted by atomic mass is 35.5. The van der Waals surface area contributed by atoms with Crippen LogP contribution in [-0.2, 0) is 16.2 Å². The summed E-state index contributed by atoms with van der Waals surface area (Å²) < 4.78 is 7.63. The predicted molar refractivity (Wildman–Crippen MR) is 156 cm³/mol. The van der Waals surface area contributed by atoms with E-state index in [1.54, 1.807) is 35.1 Å². The molecule has 40 heavy (non-hydrogen) atoms. The summed E-state index contributed by atoms with van der Waals surface area (Å²) >= 11 is 5.86. The molecular weight excluding hydrogens is 526 g/mol. The largest absolute Gasteiger partial charge is 0.489 e. The van der Waals surface area contributed by atoms with Gasteiger partial charge >= 0.3 is 11.8 Å². The summed E-state index contributed by atoms with van der Waals surface area (Å²) in [6, 6.07) is 33.6. The van der Waals surface area contributed by atoms with Gasteiger partial charge in [0.05, 0.1) is 11.9 Å². The highest BCUT2D eigenvalue weighted by molar-refractivity contribution is 6.39. The molecule has 198 valence electrons. The van der Waals surface area contributed by atoms with Crippen molar-refractivity contribution < 1.29 is 14.3 Å². The minimum Gasteiger partial charge on any atom is -0.489 e. The molecule has 0 spiro atoms. The first-order valence-corrected chi connectivity index (χ1v) is 12.8. The number of hydrazone groups is 1. The topological polar surface area (TPSA) is 97.6 Å². The molecule has 0 fully saturated rings. The van der Waals surface area contributed by atoms with Crippen LogP contribution in [0.1, 0.15) is 11.1 Å². The van der Waals surface area contributed by atoms with Gasteiger partial charge in [0.15, 0.2) is 0 Å². The summed E-state index contributed by atoms with van der Waals surface area (Å²) in [5.74, 6) is -1.04. The van der Waals surface area contributed by atoms with Crippen LogP contribution in [0.5, 0.6) is 5.75 Å². The number of nitrogens with zero attached hydrogens (tertiary/aromatic N) is 3. The average molecular weight is 550 g/mol. The molecule has 0 radical (unpaired) electrons. The summed E-state index contributed by atoms with van der Waals surface area (Å²) in [5.41, 5.74) is 6.75. The quantitative estimate of drug-likeness (QED) is 0.144. The smallest absolute Gasteiger partial charge is 0.329 e. The van der Waals surface area contributed by atoms with Crippen LogP contribution in [0.2, 0.25) is 5.02 Å². The van der Waals surface area contributed by atoms with Gasteiger partial charge in [-0.1, -0.05) is 60.1 Å². The van der Waals surface area contributed by atoms with E-state index in [1.807, 2.05) is 84.9 Å². The number of para-hydroxylation sites is 1. The maximum absolute atomic E-state index is 12.3. The number of hydrogen-bond donors (Lipinski definition) is 2. The number of rotatable bonds is 8. The molecule has 9 heteroatoms. The summed E-state index contributed by atoms with van der Waals surface area (Å²) in [4.78, 5) is 24.5. The minimum atomic E-state index is -0.914. The fourth-order valence-corrected chi connectivity index (χ4v) is 3.93. The van der Waals surface area contributed by atoms with E-state index >= 15 is 0 Å². The lowest BCUT2D eigenvalue weighted by Crippen LogP contribution is -2.32. The Bertz CT molecular complexity index is 1620. The third-order valence-corrected chi connectivity index (χ3v) is 6.07. The van der Waals surface area contributed by atoms with E-state index in [9.17, 15) is 9.59 Å². The first-order valence-electron chi connectivity index (χ1n) is 12.4. The Morgan fingerprint density at radius 3 is 2.23 bits per heavy atom. The number of aromatic nitrogens is 2. The van der Waals surface area contributed by atoms with Crippen molar-refractivity contribution in [1.82, 2.24) is 15.2 Å². The lowest BCUT2D eigenvalue weighted by molar-refractivity contribution is -0.136. The number of halogens is 1. The number of hydrogen-bond acceptors (Lipinski definition) is 5. The number of carbonyl (C=O) groups excluding carboxylic acids is 2. The zero-order chi connectivity index (χ0) is 27.7. The van der Waals surface area contributed by atoms with E-state index in [1.165, 1.54) is 6.21 Å². The second kappa shape index (κ2) is 12.6. The highest BCUT2D eigenvalue weighted by Gasteiger charge is 2.14. The molecule has 0 atom stereocenters. The Kier molecular flexibility index (Phi) is 8.29. The van der Waals surface area contributed by atoms with Gasteiger partial charge in [0.25, 0.3) is 0 Å². The standard InChI is InChI=1S/C31H24ClN5O3/c32-25-13-15-26(16-14-25)34-30(38)31(39)35-33-19-24-20-37(27-9-5-2-6-10-27)36-29(24)23-11-17-28(18-12-23)40-21-22-7-3-1-4-8-22/h1-20H,21H2,(H,34,38)(H,35,39)/b33-19+. The minimum absolute atomic E-state index is 0.441. The third kappa shape index (κ3) is 6.80. The molecule has 8 nitrogen and oxygen atoms in total. The molecule has 5 rings (SSSR count). The van der Waals surface area contributed by atoms with E-state index < -0.39 is 11.8 Å². The van der Waals surface area contributed by atoms with Gasteiger partial charge in [-0.25, -0.2) is 10.1 Å². The number of anilines is 1. The monoisotopic (exact) mass is 549 g/mol. The van der Waals surface area contributed by atoms with E-state index in [0.29, 0.717) is 28.6 Å². The fourth-order valence-electron chi connectivity index (χ4n) is 3.80. The van der Waals surface area contributed by atoms with E-state index in [4.69, 9.17) is 21.4 Å². The number of amides is 2. The molecule has 0 aliphatic carbocycles.